The summed E-state index contributed by atoms with van der Waals surface area (Å²) in [7, 11) is 0. The average Bonchev–Trinajstić information content (AvgIpc) is 2.78. The second-order valence-electron chi connectivity index (χ2n) is 8.54. The van der Waals surface area contributed by atoms with Gasteiger partial charge in [0.2, 0.25) is 5.91 Å². The number of rotatable bonds is 5. The summed E-state index contributed by atoms with van der Waals surface area (Å²) in [5.74, 6) is 0.298. The zero-order valence-corrected chi connectivity index (χ0v) is 18.0. The van der Waals surface area contributed by atoms with Crippen molar-refractivity contribution in [2.45, 2.75) is 32.7 Å². The first-order chi connectivity index (χ1) is 15.0. The third-order valence-electron chi connectivity index (χ3n) is 5.72. The van der Waals surface area contributed by atoms with Crippen LogP contribution in [0.2, 0.25) is 0 Å². The Morgan fingerprint density at radius 3 is 2.32 bits per heavy atom. The van der Waals surface area contributed by atoms with Crippen LogP contribution in [0.25, 0.3) is 11.0 Å². The number of benzene rings is 2. The molecule has 1 aliphatic rings. The zero-order chi connectivity index (χ0) is 21.8. The van der Waals surface area contributed by atoms with Crippen molar-refractivity contribution in [3.63, 3.8) is 0 Å². The second-order valence-corrected chi connectivity index (χ2v) is 8.54. The molecule has 4 rings (SSSR count). The van der Waals surface area contributed by atoms with Crippen molar-refractivity contribution < 1.29 is 4.79 Å². The molecule has 0 bridgehead atoms. The molecule has 31 heavy (non-hydrogen) atoms. The number of piperidine rings is 1. The van der Waals surface area contributed by atoms with E-state index in [0.717, 1.165) is 30.6 Å². The van der Waals surface area contributed by atoms with Crippen molar-refractivity contribution in [2.75, 3.05) is 18.0 Å². The van der Waals surface area contributed by atoms with Crippen molar-refractivity contribution in [3.8, 4) is 6.07 Å². The Bertz CT molecular complexity index is 1100. The number of aromatic nitrogens is 2. The number of carbonyl (C=O) groups excluding carboxylic acids is 1. The number of nitrogens with zero attached hydrogens (tertiary/aromatic N) is 4. The summed E-state index contributed by atoms with van der Waals surface area (Å²) in [5.41, 5.74) is 2.88. The van der Waals surface area contributed by atoms with E-state index in [1.165, 1.54) is 0 Å². The molecule has 3 aromatic rings. The van der Waals surface area contributed by atoms with Gasteiger partial charge in [-0.05, 0) is 36.0 Å². The SMILES string of the molecule is C[C@@H]1C[C@@H](C)CN(c2nc3ccccc3nc2[C@@H](C#N)C(=O)NCc2ccccc2)C1. The second kappa shape index (κ2) is 9.13. The fourth-order valence-electron chi connectivity index (χ4n) is 4.40. The highest BCUT2D eigenvalue weighted by atomic mass is 16.1. The topological polar surface area (TPSA) is 81.9 Å². The van der Waals surface area contributed by atoms with E-state index in [2.05, 4.69) is 30.1 Å². The lowest BCUT2D eigenvalue weighted by Crippen LogP contribution is -2.40. The van der Waals surface area contributed by atoms with Crippen LogP contribution in [0.3, 0.4) is 0 Å². The monoisotopic (exact) mass is 413 g/mol. The number of nitrogens with one attached hydrogen (secondary N) is 1. The summed E-state index contributed by atoms with van der Waals surface area (Å²) in [6.07, 6.45) is 1.16. The van der Waals surface area contributed by atoms with E-state index in [4.69, 9.17) is 9.97 Å². The van der Waals surface area contributed by atoms with Gasteiger partial charge in [-0.1, -0.05) is 56.3 Å². The molecule has 1 saturated heterocycles. The maximum Gasteiger partial charge on any atom is 0.243 e. The summed E-state index contributed by atoms with van der Waals surface area (Å²) >= 11 is 0. The van der Waals surface area contributed by atoms with Crippen molar-refractivity contribution >= 4 is 22.8 Å². The fourth-order valence-corrected chi connectivity index (χ4v) is 4.40. The molecule has 0 saturated carbocycles. The lowest BCUT2D eigenvalue weighted by atomic mass is 9.91. The number of amides is 1. The molecule has 1 aromatic heterocycles. The largest absolute Gasteiger partial charge is 0.355 e. The number of para-hydroxylation sites is 2. The first-order valence-electron chi connectivity index (χ1n) is 10.8. The van der Waals surface area contributed by atoms with Gasteiger partial charge in [-0.2, -0.15) is 5.26 Å². The van der Waals surface area contributed by atoms with Crippen LogP contribution in [-0.4, -0.2) is 29.0 Å². The summed E-state index contributed by atoms with van der Waals surface area (Å²) in [5, 5.41) is 12.8. The van der Waals surface area contributed by atoms with Gasteiger partial charge in [-0.3, -0.25) is 4.79 Å². The van der Waals surface area contributed by atoms with Gasteiger partial charge >= 0.3 is 0 Å². The van der Waals surface area contributed by atoms with Crippen molar-refractivity contribution in [3.05, 3.63) is 65.9 Å². The first-order valence-corrected chi connectivity index (χ1v) is 10.8. The fraction of sp³-hybridized carbons (Fsp3) is 0.360. The Kier molecular flexibility index (Phi) is 6.13. The molecule has 1 N–H and O–H groups in total. The van der Waals surface area contributed by atoms with Crippen LogP contribution in [0, 0.1) is 23.2 Å². The third kappa shape index (κ3) is 4.66. The van der Waals surface area contributed by atoms with Crippen LogP contribution < -0.4 is 10.2 Å². The molecule has 0 unspecified atom stereocenters. The van der Waals surface area contributed by atoms with Crippen LogP contribution in [0.1, 0.15) is 37.4 Å². The average molecular weight is 414 g/mol. The maximum atomic E-state index is 13.0. The predicted molar refractivity (Wildman–Crippen MR) is 121 cm³/mol. The van der Waals surface area contributed by atoms with Gasteiger partial charge in [0.15, 0.2) is 11.7 Å². The summed E-state index contributed by atoms with van der Waals surface area (Å²) in [6, 6.07) is 19.5. The smallest absolute Gasteiger partial charge is 0.243 e. The summed E-state index contributed by atoms with van der Waals surface area (Å²) in [4.78, 5) is 24.9. The highest BCUT2D eigenvalue weighted by molar-refractivity contribution is 5.88. The molecule has 1 amide bonds. The van der Waals surface area contributed by atoms with Crippen molar-refractivity contribution in [2.24, 2.45) is 11.8 Å². The minimum Gasteiger partial charge on any atom is -0.355 e. The van der Waals surface area contributed by atoms with Gasteiger partial charge in [0.25, 0.3) is 0 Å². The van der Waals surface area contributed by atoms with E-state index in [1.807, 2.05) is 54.6 Å². The van der Waals surface area contributed by atoms with Crippen LogP contribution in [0.15, 0.2) is 54.6 Å². The lowest BCUT2D eigenvalue weighted by molar-refractivity contribution is -0.121. The molecule has 158 valence electrons. The Morgan fingerprint density at radius 2 is 1.68 bits per heavy atom. The minimum atomic E-state index is -1.02. The molecule has 0 spiro atoms. The number of anilines is 1. The third-order valence-corrected chi connectivity index (χ3v) is 5.72. The molecule has 6 heteroatoms. The minimum absolute atomic E-state index is 0.352. The van der Waals surface area contributed by atoms with E-state index in [-0.39, 0.29) is 5.91 Å². The van der Waals surface area contributed by atoms with Gasteiger partial charge in [-0.15, -0.1) is 0 Å². The number of fused-ring (bicyclic) bond motifs is 1. The van der Waals surface area contributed by atoms with Gasteiger partial charge < -0.3 is 10.2 Å². The normalized spacial score (nSPS) is 19.6. The predicted octanol–water partition coefficient (Wildman–Crippen LogP) is 4.04. The standard InChI is InChI=1S/C25H27N5O/c1-17-12-18(2)16-30(15-17)24-23(28-21-10-6-7-11-22(21)29-24)20(13-26)25(31)27-14-19-8-4-3-5-9-19/h3-11,17-18,20H,12,14-16H2,1-2H3,(H,27,31)/t17-,18-,20-/m1/s1. The number of nitriles is 1. The van der Waals surface area contributed by atoms with E-state index >= 15 is 0 Å². The summed E-state index contributed by atoms with van der Waals surface area (Å²) < 4.78 is 0. The van der Waals surface area contributed by atoms with Crippen molar-refractivity contribution in [1.82, 2.24) is 15.3 Å². The molecular formula is C25H27N5O. The maximum absolute atomic E-state index is 13.0. The molecular weight excluding hydrogens is 386 g/mol. The number of carbonyl (C=O) groups is 1. The molecule has 3 atom stereocenters. The number of hydrogen-bond acceptors (Lipinski definition) is 5. The Balaban J connectivity index is 1.69. The quantitative estimate of drug-likeness (QED) is 0.683. The van der Waals surface area contributed by atoms with Crippen LogP contribution in [0.4, 0.5) is 5.82 Å². The molecule has 0 aliphatic carbocycles. The van der Waals surface area contributed by atoms with Gasteiger partial charge in [0.05, 0.1) is 17.1 Å². The highest BCUT2D eigenvalue weighted by Crippen LogP contribution is 2.31. The molecule has 1 aliphatic heterocycles. The molecule has 0 radical (unpaired) electrons. The van der Waals surface area contributed by atoms with Crippen LogP contribution in [-0.2, 0) is 11.3 Å². The lowest BCUT2D eigenvalue weighted by Gasteiger charge is -2.36. The first kappa shape index (κ1) is 20.8. The highest BCUT2D eigenvalue weighted by Gasteiger charge is 2.31. The van der Waals surface area contributed by atoms with Crippen LogP contribution >= 0.6 is 0 Å². The van der Waals surface area contributed by atoms with Gasteiger partial charge in [-0.25, -0.2) is 9.97 Å². The Labute approximate surface area is 182 Å². The number of hydrogen-bond donors (Lipinski definition) is 1. The van der Waals surface area contributed by atoms with Gasteiger partial charge in [0.1, 0.15) is 5.69 Å². The zero-order valence-electron chi connectivity index (χ0n) is 18.0. The Morgan fingerprint density at radius 1 is 1.06 bits per heavy atom. The van der Waals surface area contributed by atoms with E-state index in [0.29, 0.717) is 35.4 Å². The summed E-state index contributed by atoms with van der Waals surface area (Å²) in [6.45, 7) is 6.50. The molecule has 6 nitrogen and oxygen atoms in total. The van der Waals surface area contributed by atoms with E-state index < -0.39 is 5.92 Å². The van der Waals surface area contributed by atoms with Crippen LogP contribution in [0.5, 0.6) is 0 Å². The molecule has 2 heterocycles. The van der Waals surface area contributed by atoms with Gasteiger partial charge in [0, 0.05) is 19.6 Å². The van der Waals surface area contributed by atoms with Crippen molar-refractivity contribution in [1.29, 1.82) is 5.26 Å². The molecule has 2 aromatic carbocycles. The molecule has 1 fully saturated rings. The van der Waals surface area contributed by atoms with E-state index in [1.54, 1.807) is 0 Å². The van der Waals surface area contributed by atoms with E-state index in [9.17, 15) is 10.1 Å². The Hall–Kier alpha value is -3.46.